The number of hydrogen-bond donors (Lipinski definition) is 3. The topological polar surface area (TPSA) is 117 Å². The van der Waals surface area contributed by atoms with Gasteiger partial charge in [-0.05, 0) is 55.7 Å². The molecule has 0 aliphatic heterocycles. The average Bonchev–Trinajstić information content (AvgIpc) is 3.44. The number of pyridine rings is 1. The number of rotatable bonds is 6. The number of H-pyrrole nitrogens is 1. The number of aliphatic carboxylic acids is 1. The van der Waals surface area contributed by atoms with Gasteiger partial charge in [-0.3, -0.25) is 4.79 Å². The van der Waals surface area contributed by atoms with E-state index in [0.29, 0.717) is 34.8 Å². The summed E-state index contributed by atoms with van der Waals surface area (Å²) >= 11 is 0. The standard InChI is InChI=1S/C24H25FN6O3/c1-34-11-15-6-7-18-23(28-20-13-4-2-12(3-5-13)19(20)24(32)33)29-22(30-31(15)18)17-10-27-21-16(17)8-14(25)9-26-21/h6-10,12-13,19-20H,2-5,11H2,1H3,(H,26,27)(H,32,33)(H,28,29,30)/t12-,13+,19-,20-/m0/s1. The molecule has 7 rings (SSSR count). The van der Waals surface area contributed by atoms with Crippen molar-refractivity contribution in [3.63, 3.8) is 0 Å². The molecule has 4 aromatic heterocycles. The first-order chi connectivity index (χ1) is 16.5. The van der Waals surface area contributed by atoms with Gasteiger partial charge in [0.05, 0.1) is 24.4 Å². The first-order valence-corrected chi connectivity index (χ1v) is 11.5. The van der Waals surface area contributed by atoms with E-state index < -0.39 is 17.7 Å². The third-order valence-corrected chi connectivity index (χ3v) is 7.43. The first-order valence-electron chi connectivity index (χ1n) is 11.5. The minimum Gasteiger partial charge on any atom is -0.481 e. The highest BCUT2D eigenvalue weighted by Gasteiger charge is 2.47. The number of nitrogens with zero attached hydrogens (tertiary/aromatic N) is 4. The van der Waals surface area contributed by atoms with Crippen LogP contribution in [-0.2, 0) is 16.1 Å². The predicted molar refractivity (Wildman–Crippen MR) is 123 cm³/mol. The smallest absolute Gasteiger partial charge is 0.308 e. The molecule has 176 valence electrons. The molecule has 3 aliphatic rings. The zero-order valence-electron chi connectivity index (χ0n) is 18.7. The largest absolute Gasteiger partial charge is 0.481 e. The van der Waals surface area contributed by atoms with Gasteiger partial charge < -0.3 is 20.1 Å². The Morgan fingerprint density at radius 1 is 1.29 bits per heavy atom. The van der Waals surface area contributed by atoms with E-state index in [-0.39, 0.29) is 17.9 Å². The van der Waals surface area contributed by atoms with Gasteiger partial charge in [0.25, 0.3) is 0 Å². The molecule has 3 N–H and O–H groups in total. The number of aromatic amines is 1. The highest BCUT2D eigenvalue weighted by molar-refractivity contribution is 5.92. The zero-order valence-corrected chi connectivity index (χ0v) is 18.7. The Morgan fingerprint density at radius 2 is 2.09 bits per heavy atom. The number of nitrogens with one attached hydrogen (secondary N) is 2. The fraction of sp³-hybridized carbons (Fsp3) is 0.417. The molecule has 9 nitrogen and oxygen atoms in total. The number of ether oxygens (including phenoxy) is 1. The summed E-state index contributed by atoms with van der Waals surface area (Å²) in [5.74, 6) is -0.252. The molecule has 2 atom stereocenters. The van der Waals surface area contributed by atoms with E-state index in [1.165, 1.54) is 6.07 Å². The SMILES string of the molecule is COCc1ccc2c(N[C@H]3[C@H]4CC[C@H](CC4)[C@@H]3C(=O)O)nc(-c3c[nH]c4ncc(F)cc34)nn12. The van der Waals surface area contributed by atoms with Crippen molar-refractivity contribution in [2.75, 3.05) is 12.4 Å². The van der Waals surface area contributed by atoms with E-state index in [2.05, 4.69) is 15.3 Å². The average molecular weight is 465 g/mol. The number of fused-ring (bicyclic) bond motifs is 5. The van der Waals surface area contributed by atoms with Gasteiger partial charge in [0.15, 0.2) is 11.6 Å². The van der Waals surface area contributed by atoms with Crippen LogP contribution >= 0.6 is 0 Å². The zero-order chi connectivity index (χ0) is 23.4. The number of carbonyl (C=O) groups is 1. The van der Waals surface area contributed by atoms with E-state index in [1.54, 1.807) is 17.8 Å². The summed E-state index contributed by atoms with van der Waals surface area (Å²) in [6.07, 6.45) is 6.83. The summed E-state index contributed by atoms with van der Waals surface area (Å²) in [4.78, 5) is 24.2. The van der Waals surface area contributed by atoms with Gasteiger partial charge in [0.1, 0.15) is 17.0 Å². The summed E-state index contributed by atoms with van der Waals surface area (Å²) in [6.45, 7) is 0.347. The fourth-order valence-electron chi connectivity index (χ4n) is 5.86. The highest BCUT2D eigenvalue weighted by Crippen LogP contribution is 2.46. The lowest BCUT2D eigenvalue weighted by molar-refractivity contribution is -0.148. The molecule has 0 aromatic carbocycles. The van der Waals surface area contributed by atoms with Crippen molar-refractivity contribution in [2.24, 2.45) is 17.8 Å². The van der Waals surface area contributed by atoms with Crippen LogP contribution in [0, 0.1) is 23.6 Å². The monoisotopic (exact) mass is 464 g/mol. The Labute approximate surface area is 194 Å². The number of carboxylic acid groups (broad SMARTS) is 1. The minimum atomic E-state index is -0.758. The van der Waals surface area contributed by atoms with Gasteiger partial charge in [-0.2, -0.15) is 0 Å². The Bertz CT molecular complexity index is 1390. The lowest BCUT2D eigenvalue weighted by Gasteiger charge is -2.47. The molecule has 0 unspecified atom stereocenters. The van der Waals surface area contributed by atoms with E-state index in [9.17, 15) is 14.3 Å². The van der Waals surface area contributed by atoms with Crippen molar-refractivity contribution in [2.45, 2.75) is 38.3 Å². The van der Waals surface area contributed by atoms with Crippen LogP contribution in [0.5, 0.6) is 0 Å². The Kier molecular flexibility index (Phi) is 4.98. The van der Waals surface area contributed by atoms with Crippen molar-refractivity contribution < 1.29 is 19.0 Å². The van der Waals surface area contributed by atoms with Crippen molar-refractivity contribution in [3.05, 3.63) is 42.1 Å². The van der Waals surface area contributed by atoms with E-state index in [0.717, 1.165) is 43.1 Å². The predicted octanol–water partition coefficient (Wildman–Crippen LogP) is 3.86. The molecule has 4 heterocycles. The first kappa shape index (κ1) is 21.0. The number of methoxy groups -OCH3 is 1. The Hall–Kier alpha value is -3.53. The molecule has 0 radical (unpaired) electrons. The van der Waals surface area contributed by atoms with Gasteiger partial charge in [0, 0.05) is 30.3 Å². The maximum atomic E-state index is 14.0. The molecule has 0 amide bonds. The van der Waals surface area contributed by atoms with Crippen LogP contribution in [0.25, 0.3) is 27.9 Å². The fourth-order valence-corrected chi connectivity index (χ4v) is 5.86. The Balaban J connectivity index is 1.49. The lowest BCUT2D eigenvalue weighted by atomic mass is 9.61. The molecular formula is C24H25FN6O3. The molecule has 10 heteroatoms. The van der Waals surface area contributed by atoms with Crippen molar-refractivity contribution in [3.8, 4) is 11.4 Å². The maximum absolute atomic E-state index is 14.0. The molecule has 3 aliphatic carbocycles. The van der Waals surface area contributed by atoms with E-state index in [1.807, 2.05) is 12.1 Å². The second kappa shape index (κ2) is 8.05. The van der Waals surface area contributed by atoms with Gasteiger partial charge in [0.2, 0.25) is 0 Å². The van der Waals surface area contributed by atoms with Crippen LogP contribution in [0.1, 0.15) is 31.4 Å². The van der Waals surface area contributed by atoms with Crippen LogP contribution in [0.4, 0.5) is 10.2 Å². The quantitative estimate of drug-likeness (QED) is 0.397. The molecule has 3 fully saturated rings. The second-order valence-corrected chi connectivity index (χ2v) is 9.30. The van der Waals surface area contributed by atoms with Crippen molar-refractivity contribution in [1.29, 1.82) is 0 Å². The number of carboxylic acids is 1. The van der Waals surface area contributed by atoms with Crippen LogP contribution in [0.2, 0.25) is 0 Å². The number of aromatic nitrogens is 5. The van der Waals surface area contributed by atoms with Crippen molar-refractivity contribution in [1.82, 2.24) is 24.6 Å². The lowest BCUT2D eigenvalue weighted by Crippen LogP contribution is -2.51. The van der Waals surface area contributed by atoms with Crippen LogP contribution < -0.4 is 5.32 Å². The third kappa shape index (κ3) is 3.32. The number of halogens is 1. The molecule has 2 bridgehead atoms. The summed E-state index contributed by atoms with van der Waals surface area (Å²) in [5, 5.41) is 18.8. The summed E-state index contributed by atoms with van der Waals surface area (Å²) < 4.78 is 21.1. The molecular weight excluding hydrogens is 439 g/mol. The van der Waals surface area contributed by atoms with Crippen LogP contribution in [0.15, 0.2) is 30.6 Å². The Morgan fingerprint density at radius 3 is 2.85 bits per heavy atom. The van der Waals surface area contributed by atoms with E-state index in [4.69, 9.17) is 14.8 Å². The minimum absolute atomic E-state index is 0.177. The molecule has 34 heavy (non-hydrogen) atoms. The summed E-state index contributed by atoms with van der Waals surface area (Å²) in [5.41, 5.74) is 2.72. The summed E-state index contributed by atoms with van der Waals surface area (Å²) in [7, 11) is 1.62. The molecule has 0 spiro atoms. The summed E-state index contributed by atoms with van der Waals surface area (Å²) in [6, 6.07) is 5.02. The molecule has 0 saturated heterocycles. The normalized spacial score (nSPS) is 24.2. The van der Waals surface area contributed by atoms with Crippen LogP contribution in [-0.4, -0.2) is 48.8 Å². The maximum Gasteiger partial charge on any atom is 0.308 e. The second-order valence-electron chi connectivity index (χ2n) is 9.30. The van der Waals surface area contributed by atoms with Crippen LogP contribution in [0.3, 0.4) is 0 Å². The third-order valence-electron chi connectivity index (χ3n) is 7.43. The van der Waals surface area contributed by atoms with Crippen molar-refractivity contribution >= 4 is 28.3 Å². The van der Waals surface area contributed by atoms with E-state index >= 15 is 0 Å². The number of hydrogen-bond acceptors (Lipinski definition) is 6. The van der Waals surface area contributed by atoms with Gasteiger partial charge in [-0.15, -0.1) is 5.10 Å². The highest BCUT2D eigenvalue weighted by atomic mass is 19.1. The molecule has 3 saturated carbocycles. The van der Waals surface area contributed by atoms with Gasteiger partial charge in [-0.25, -0.2) is 18.9 Å². The van der Waals surface area contributed by atoms with Gasteiger partial charge >= 0.3 is 5.97 Å². The number of anilines is 1. The van der Waals surface area contributed by atoms with Gasteiger partial charge in [-0.1, -0.05) is 0 Å². The molecule has 4 aromatic rings.